The van der Waals surface area contributed by atoms with Crippen LogP contribution in [0.1, 0.15) is 59.8 Å². The second-order valence-corrected chi connectivity index (χ2v) is 8.75. The summed E-state index contributed by atoms with van der Waals surface area (Å²) in [6, 6.07) is 0. The molecule has 3 nitrogen and oxygen atoms in total. The molecule has 28 heavy (non-hydrogen) atoms. The molecule has 1 saturated carbocycles. The Labute approximate surface area is 173 Å². The lowest BCUT2D eigenvalue weighted by Gasteiger charge is -2.39. The van der Waals surface area contributed by atoms with Crippen molar-refractivity contribution in [1.29, 1.82) is 0 Å². The third kappa shape index (κ3) is 6.95. The first-order valence-corrected chi connectivity index (χ1v) is 11.3. The molecule has 1 heterocycles. The van der Waals surface area contributed by atoms with Crippen molar-refractivity contribution in [2.75, 3.05) is 19.6 Å². The minimum absolute atomic E-state index is 0.517. The molecule has 0 aromatic carbocycles. The van der Waals surface area contributed by atoms with Crippen molar-refractivity contribution in [3.8, 4) is 0 Å². The molecule has 2 unspecified atom stereocenters. The van der Waals surface area contributed by atoms with Gasteiger partial charge in [-0.1, -0.05) is 57.2 Å². The maximum Gasteiger partial charge on any atom is 0.335 e. The van der Waals surface area contributed by atoms with Gasteiger partial charge < -0.3 is 10.0 Å². The summed E-state index contributed by atoms with van der Waals surface area (Å²) in [4.78, 5) is 14.4. The highest BCUT2D eigenvalue weighted by molar-refractivity contribution is 6.40. The van der Waals surface area contributed by atoms with Gasteiger partial charge in [0.15, 0.2) is 0 Å². The quantitative estimate of drug-likeness (QED) is 0.148. The highest BCUT2D eigenvalue weighted by Gasteiger charge is 2.42. The molecule has 1 N–H and O–H groups in total. The minimum Gasteiger partial charge on any atom is -0.478 e. The van der Waals surface area contributed by atoms with E-state index in [1.807, 2.05) is 19.1 Å². The van der Waals surface area contributed by atoms with Gasteiger partial charge in [-0.3, -0.25) is 0 Å². The normalized spacial score (nSPS) is 26.5. The van der Waals surface area contributed by atoms with Gasteiger partial charge in [-0.25, -0.2) is 4.79 Å². The lowest BCUT2D eigenvalue weighted by molar-refractivity contribution is -0.132. The first-order valence-electron chi connectivity index (χ1n) is 11.3. The number of carbonyl (C=O) groups is 1. The van der Waals surface area contributed by atoms with Gasteiger partial charge in [0, 0.05) is 13.1 Å². The van der Waals surface area contributed by atoms with Crippen LogP contribution in [0.25, 0.3) is 0 Å². The molecule has 0 bridgehead atoms. The summed E-state index contributed by atoms with van der Waals surface area (Å²) in [5.74, 6) is 2.15. The monoisotopic (exact) mass is 384 g/mol. The summed E-state index contributed by atoms with van der Waals surface area (Å²) in [5, 5.41) is 9.80. The summed E-state index contributed by atoms with van der Waals surface area (Å²) in [7, 11) is 2.34. The zero-order chi connectivity index (χ0) is 20.5. The Morgan fingerprint density at radius 2 is 1.93 bits per heavy atom. The fourth-order valence-corrected chi connectivity index (χ4v) is 4.41. The van der Waals surface area contributed by atoms with E-state index in [0.29, 0.717) is 11.4 Å². The van der Waals surface area contributed by atoms with Crippen molar-refractivity contribution in [1.82, 2.24) is 4.90 Å². The van der Waals surface area contributed by atoms with Crippen molar-refractivity contribution in [2.24, 2.45) is 17.8 Å². The van der Waals surface area contributed by atoms with Gasteiger partial charge in [-0.15, -0.1) is 0 Å². The van der Waals surface area contributed by atoms with E-state index < -0.39 is 5.97 Å². The molecule has 0 amide bonds. The Balaban J connectivity index is 1.87. The minimum atomic E-state index is -0.783. The summed E-state index contributed by atoms with van der Waals surface area (Å²) in [6.07, 6.45) is 14.1. The van der Waals surface area contributed by atoms with Crippen LogP contribution in [0.5, 0.6) is 0 Å². The fraction of sp³-hybridized carbons (Fsp3) is 0.708. The largest absolute Gasteiger partial charge is 0.478 e. The van der Waals surface area contributed by atoms with Crippen LogP contribution >= 0.6 is 0 Å². The van der Waals surface area contributed by atoms with Crippen LogP contribution in [0, 0.1) is 17.8 Å². The lowest BCUT2D eigenvalue weighted by atomic mass is 9.64. The van der Waals surface area contributed by atoms with Crippen LogP contribution in [-0.2, 0) is 4.79 Å². The third-order valence-electron chi connectivity index (χ3n) is 6.56. The van der Waals surface area contributed by atoms with Crippen LogP contribution in [0.15, 0.2) is 35.5 Å². The van der Waals surface area contributed by atoms with E-state index in [1.165, 1.54) is 32.5 Å². The highest BCUT2D eigenvalue weighted by Crippen LogP contribution is 2.51. The maximum atomic E-state index is 11.9. The number of allylic oxidation sites excluding steroid dienone is 4. The molecule has 1 radical (unpaired) electrons. The van der Waals surface area contributed by atoms with Gasteiger partial charge in [0.1, 0.15) is 7.28 Å². The molecule has 4 heteroatoms. The zero-order valence-corrected chi connectivity index (χ0v) is 18.4. The maximum absolute atomic E-state index is 11.9. The van der Waals surface area contributed by atoms with Crippen LogP contribution in [-0.4, -0.2) is 42.9 Å². The Kier molecular flexibility index (Phi) is 9.57. The van der Waals surface area contributed by atoms with Crippen LogP contribution in [0.2, 0.25) is 12.1 Å². The number of hydrogen-bond acceptors (Lipinski definition) is 2. The molecule has 2 rings (SSSR count). The number of carboxylic acid groups (broad SMARTS) is 1. The predicted molar refractivity (Wildman–Crippen MR) is 120 cm³/mol. The average molecular weight is 384 g/mol. The van der Waals surface area contributed by atoms with Crippen molar-refractivity contribution < 1.29 is 9.90 Å². The first kappa shape index (κ1) is 23.0. The van der Waals surface area contributed by atoms with E-state index in [-0.39, 0.29) is 0 Å². The lowest BCUT2D eigenvalue weighted by Crippen LogP contribution is -2.46. The van der Waals surface area contributed by atoms with Crippen molar-refractivity contribution in [3.05, 3.63) is 35.5 Å². The summed E-state index contributed by atoms with van der Waals surface area (Å²) in [6.45, 7) is 12.5. The second-order valence-electron chi connectivity index (χ2n) is 8.75. The summed E-state index contributed by atoms with van der Waals surface area (Å²) in [5.41, 5.74) is 1.50. The Bertz CT molecular complexity index is 581. The molecule has 1 aliphatic heterocycles. The average Bonchev–Trinajstić information content (AvgIpc) is 3.20. The van der Waals surface area contributed by atoms with Gasteiger partial charge in [0.2, 0.25) is 0 Å². The van der Waals surface area contributed by atoms with Crippen LogP contribution < -0.4 is 0 Å². The smallest absolute Gasteiger partial charge is 0.335 e. The SMILES string of the molecule is C/C=C\C/C=C(C[B]C1C(C)C1C)\C(=C\CCCC1CN(CCC)C1)C(=O)O. The molecular weight excluding hydrogens is 345 g/mol. The Morgan fingerprint density at radius 3 is 2.50 bits per heavy atom. The summed E-state index contributed by atoms with van der Waals surface area (Å²) < 4.78 is 0. The first-order chi connectivity index (χ1) is 13.5. The molecule has 2 aliphatic rings. The van der Waals surface area contributed by atoms with Crippen LogP contribution in [0.3, 0.4) is 0 Å². The number of hydrogen-bond donors (Lipinski definition) is 1. The Hall–Kier alpha value is -1.29. The van der Waals surface area contributed by atoms with Gasteiger partial charge in [0.05, 0.1) is 5.57 Å². The molecule has 2 atom stereocenters. The van der Waals surface area contributed by atoms with E-state index in [0.717, 1.165) is 48.9 Å². The van der Waals surface area contributed by atoms with Crippen molar-refractivity contribution >= 4 is 13.2 Å². The van der Waals surface area contributed by atoms with Crippen molar-refractivity contribution in [2.45, 2.75) is 71.9 Å². The summed E-state index contributed by atoms with van der Waals surface area (Å²) >= 11 is 0. The van der Waals surface area contributed by atoms with E-state index in [9.17, 15) is 9.90 Å². The van der Waals surface area contributed by atoms with E-state index >= 15 is 0 Å². The third-order valence-corrected chi connectivity index (χ3v) is 6.56. The molecule has 0 aromatic rings. The zero-order valence-electron chi connectivity index (χ0n) is 18.4. The van der Waals surface area contributed by atoms with Gasteiger partial charge >= 0.3 is 5.97 Å². The number of likely N-dealkylation sites (tertiary alicyclic amines) is 1. The molecule has 0 aromatic heterocycles. The predicted octanol–water partition coefficient (Wildman–Crippen LogP) is 5.60. The molecule has 0 spiro atoms. The second kappa shape index (κ2) is 11.7. The number of nitrogens with zero attached hydrogens (tertiary/aromatic N) is 1. The molecule has 1 saturated heterocycles. The molecule has 155 valence electrons. The Morgan fingerprint density at radius 1 is 1.21 bits per heavy atom. The van der Waals surface area contributed by atoms with E-state index in [2.05, 4.69) is 45.1 Å². The van der Waals surface area contributed by atoms with Crippen LogP contribution in [0.4, 0.5) is 0 Å². The number of rotatable bonds is 13. The molecular formula is C24H39BNO2. The number of aliphatic carboxylic acids is 1. The van der Waals surface area contributed by atoms with E-state index in [4.69, 9.17) is 0 Å². The van der Waals surface area contributed by atoms with Gasteiger partial charge in [0.25, 0.3) is 0 Å². The number of unbranched alkanes of at least 4 members (excludes halogenated alkanes) is 1. The topological polar surface area (TPSA) is 40.5 Å². The molecule has 2 fully saturated rings. The van der Waals surface area contributed by atoms with Gasteiger partial charge in [-0.2, -0.15) is 0 Å². The van der Waals surface area contributed by atoms with Crippen molar-refractivity contribution in [3.63, 3.8) is 0 Å². The van der Waals surface area contributed by atoms with E-state index in [1.54, 1.807) is 0 Å². The molecule has 1 aliphatic carbocycles. The van der Waals surface area contributed by atoms with Gasteiger partial charge in [-0.05, 0) is 68.9 Å². The highest BCUT2D eigenvalue weighted by atomic mass is 16.4. The number of carboxylic acids is 1. The fourth-order valence-electron chi connectivity index (χ4n) is 4.41. The standard InChI is InChI=1S/C24H39BNO2/c1-5-7-8-12-21(15-25-23-18(3)19(23)4)22(24(27)28)13-10-9-11-20-16-26(17-20)14-6-2/h5,7,12-13,18-20,23H,6,8-11,14-17H2,1-4H3,(H,27,28)/b7-5-,21-12-,22-13-.